The zero-order chi connectivity index (χ0) is 11.7. The largest absolute Gasteiger partial charge is 0.478 e. The summed E-state index contributed by atoms with van der Waals surface area (Å²) in [6.07, 6.45) is 0. The number of hydrazone groups is 1. The first-order valence-corrected chi connectivity index (χ1v) is 4.41. The van der Waals surface area contributed by atoms with E-state index < -0.39 is 12.0 Å². The van der Waals surface area contributed by atoms with E-state index in [1.54, 1.807) is 25.8 Å². The van der Waals surface area contributed by atoms with Crippen LogP contribution in [0.2, 0.25) is 0 Å². The fraction of sp³-hybridized carbons (Fsp3) is 0.500. The molecule has 5 N–H and O–H groups in total. The minimum absolute atomic E-state index is 0.243. The van der Waals surface area contributed by atoms with Crippen LogP contribution in [0, 0.1) is 0 Å². The maximum Gasteiger partial charge on any atom is 0.335 e. The molecule has 0 saturated heterocycles. The third kappa shape index (κ3) is 1.61. The van der Waals surface area contributed by atoms with Crippen LogP contribution in [0.1, 0.15) is 13.8 Å². The van der Waals surface area contributed by atoms with Gasteiger partial charge < -0.3 is 15.8 Å². The Hall–Kier alpha value is -1.76. The lowest BCUT2D eigenvalue weighted by atomic mass is 10.0. The molecule has 0 amide bonds. The second kappa shape index (κ2) is 3.77. The average Bonchev–Trinajstić information content (AvgIpc) is 2.16. The van der Waals surface area contributed by atoms with Crippen LogP contribution in [-0.4, -0.2) is 40.0 Å². The predicted molar refractivity (Wildman–Crippen MR) is 55.2 cm³/mol. The number of hydrogen-bond acceptors (Lipinski definition) is 4. The molecular weight excluding hydrogens is 198 g/mol. The maximum absolute atomic E-state index is 11.0. The fourth-order valence-corrected chi connectivity index (χ4v) is 1.61. The summed E-state index contributed by atoms with van der Waals surface area (Å²) in [5.41, 5.74) is 0.827. The van der Waals surface area contributed by atoms with E-state index >= 15 is 0 Å². The van der Waals surface area contributed by atoms with E-state index in [1.165, 1.54) is 5.01 Å². The van der Waals surface area contributed by atoms with Crippen molar-refractivity contribution in [2.45, 2.75) is 19.9 Å². The quantitative estimate of drug-likeness (QED) is 0.384. The fourth-order valence-electron chi connectivity index (χ4n) is 1.61. The summed E-state index contributed by atoms with van der Waals surface area (Å²) >= 11 is 0. The van der Waals surface area contributed by atoms with E-state index in [0.717, 1.165) is 0 Å². The molecule has 7 nitrogen and oxygen atoms in total. The molecule has 0 bridgehead atoms. The third-order valence-electron chi connectivity index (χ3n) is 2.60. The Morgan fingerprint density at radius 2 is 2.13 bits per heavy atom. The van der Waals surface area contributed by atoms with Crippen LogP contribution in [0.5, 0.6) is 0 Å². The van der Waals surface area contributed by atoms with E-state index in [2.05, 4.69) is 5.10 Å². The summed E-state index contributed by atoms with van der Waals surface area (Å²) < 4.78 is 0. The van der Waals surface area contributed by atoms with Gasteiger partial charge >= 0.3 is 5.97 Å². The highest BCUT2D eigenvalue weighted by atomic mass is 16.4. The summed E-state index contributed by atoms with van der Waals surface area (Å²) in [5.74, 6) is 10.2. The first kappa shape index (κ1) is 11.3. The number of guanidine groups is 1. The van der Waals surface area contributed by atoms with Gasteiger partial charge in [0.25, 0.3) is 0 Å². The average molecular weight is 213 g/mol. The van der Waals surface area contributed by atoms with E-state index in [1.807, 2.05) is 0 Å². The summed E-state index contributed by atoms with van der Waals surface area (Å²) in [6.45, 7) is 3.38. The van der Waals surface area contributed by atoms with Crippen molar-refractivity contribution < 1.29 is 9.90 Å². The Morgan fingerprint density at radius 1 is 1.60 bits per heavy atom. The summed E-state index contributed by atoms with van der Waals surface area (Å²) in [6, 6.07) is -0.457. The second-order valence-corrected chi connectivity index (χ2v) is 3.38. The van der Waals surface area contributed by atoms with Gasteiger partial charge in [0.15, 0.2) is 0 Å². The van der Waals surface area contributed by atoms with Crippen LogP contribution in [0.15, 0.2) is 16.4 Å². The van der Waals surface area contributed by atoms with Crippen LogP contribution in [0.25, 0.3) is 0 Å². The highest BCUT2D eigenvalue weighted by molar-refractivity contribution is 5.94. The number of carbonyl (C=O) groups is 1. The minimum atomic E-state index is -0.988. The van der Waals surface area contributed by atoms with Gasteiger partial charge in [0.1, 0.15) is 0 Å². The first-order chi connectivity index (χ1) is 6.91. The number of hydrogen-bond donors (Lipinski definition) is 3. The van der Waals surface area contributed by atoms with Gasteiger partial charge in [-0.1, -0.05) is 0 Å². The summed E-state index contributed by atoms with van der Waals surface area (Å²) in [4.78, 5) is 12.6. The number of nitrogens with two attached hydrogens (primary N) is 2. The Bertz CT molecular complexity index is 349. The van der Waals surface area contributed by atoms with Crippen molar-refractivity contribution in [3.63, 3.8) is 0 Å². The van der Waals surface area contributed by atoms with Crippen molar-refractivity contribution in [1.82, 2.24) is 9.91 Å². The van der Waals surface area contributed by atoms with Gasteiger partial charge in [-0.15, -0.1) is 5.10 Å². The van der Waals surface area contributed by atoms with E-state index in [-0.39, 0.29) is 5.57 Å². The molecule has 84 valence electrons. The minimum Gasteiger partial charge on any atom is -0.478 e. The van der Waals surface area contributed by atoms with Gasteiger partial charge in [-0.2, -0.15) is 0 Å². The highest BCUT2D eigenvalue weighted by Crippen LogP contribution is 2.22. The molecule has 1 rings (SSSR count). The maximum atomic E-state index is 11.0. The molecule has 1 atom stereocenters. The van der Waals surface area contributed by atoms with Crippen LogP contribution in [-0.2, 0) is 4.79 Å². The van der Waals surface area contributed by atoms with Crippen molar-refractivity contribution in [3.8, 4) is 0 Å². The molecular formula is C8H15N5O2. The number of nitrogens with zero attached hydrogens (tertiary/aromatic N) is 3. The van der Waals surface area contributed by atoms with Crippen LogP contribution in [0.3, 0.4) is 0 Å². The molecule has 1 aliphatic heterocycles. The SMILES string of the molecule is CC1=C(C(=O)O)[C@@H](C)N(N)/C(=N\N)N1C. The Morgan fingerprint density at radius 3 is 2.53 bits per heavy atom. The zero-order valence-corrected chi connectivity index (χ0v) is 8.93. The standard InChI is InChI=1S/C8H15N5O2/c1-4-6(7(14)15)5(2)13(10)8(11-9)12(4)3/h5H,9-10H2,1-3H3,(H,14,15)/b11-8-/t5-/m1/s1. The number of carboxylic acid groups (broad SMARTS) is 1. The van der Waals surface area contributed by atoms with Gasteiger partial charge in [0.2, 0.25) is 5.96 Å². The van der Waals surface area contributed by atoms with Crippen LogP contribution < -0.4 is 11.7 Å². The number of hydrazine groups is 1. The zero-order valence-electron chi connectivity index (χ0n) is 8.93. The molecule has 0 saturated carbocycles. The van der Waals surface area contributed by atoms with Crippen molar-refractivity contribution >= 4 is 11.9 Å². The van der Waals surface area contributed by atoms with Gasteiger partial charge in [-0.25, -0.2) is 10.6 Å². The molecule has 0 aromatic rings. The molecule has 1 aliphatic rings. The number of rotatable bonds is 1. The Labute approximate surface area is 87.6 Å². The van der Waals surface area contributed by atoms with Gasteiger partial charge in [0.05, 0.1) is 11.6 Å². The Balaban J connectivity index is 3.29. The van der Waals surface area contributed by atoms with Crippen molar-refractivity contribution in [2.24, 2.45) is 16.8 Å². The number of allylic oxidation sites excluding steroid dienone is 1. The number of aliphatic carboxylic acids is 1. The van der Waals surface area contributed by atoms with Crippen LogP contribution >= 0.6 is 0 Å². The molecule has 0 spiro atoms. The highest BCUT2D eigenvalue weighted by Gasteiger charge is 2.34. The van der Waals surface area contributed by atoms with Crippen molar-refractivity contribution in [3.05, 3.63) is 11.3 Å². The molecule has 0 aliphatic carbocycles. The van der Waals surface area contributed by atoms with E-state index in [4.69, 9.17) is 16.8 Å². The smallest absolute Gasteiger partial charge is 0.335 e. The molecule has 0 radical (unpaired) electrons. The summed E-state index contributed by atoms with van der Waals surface area (Å²) in [7, 11) is 1.66. The molecule has 0 unspecified atom stereocenters. The van der Waals surface area contributed by atoms with Crippen molar-refractivity contribution in [1.29, 1.82) is 0 Å². The third-order valence-corrected chi connectivity index (χ3v) is 2.60. The lowest BCUT2D eigenvalue weighted by Gasteiger charge is -2.38. The first-order valence-electron chi connectivity index (χ1n) is 4.41. The van der Waals surface area contributed by atoms with E-state index in [9.17, 15) is 4.79 Å². The lowest BCUT2D eigenvalue weighted by Crippen LogP contribution is -2.56. The molecule has 0 aromatic carbocycles. The van der Waals surface area contributed by atoms with Crippen LogP contribution in [0.4, 0.5) is 0 Å². The van der Waals surface area contributed by atoms with E-state index in [0.29, 0.717) is 11.7 Å². The summed E-state index contributed by atoms with van der Waals surface area (Å²) in [5, 5.41) is 13.8. The predicted octanol–water partition coefficient (Wildman–Crippen LogP) is -0.916. The lowest BCUT2D eigenvalue weighted by molar-refractivity contribution is -0.133. The Kier molecular flexibility index (Phi) is 2.85. The topological polar surface area (TPSA) is 108 Å². The molecule has 7 heteroatoms. The van der Waals surface area contributed by atoms with Gasteiger partial charge in [0, 0.05) is 12.7 Å². The second-order valence-electron chi connectivity index (χ2n) is 3.38. The van der Waals surface area contributed by atoms with Gasteiger partial charge in [-0.05, 0) is 13.8 Å². The molecule has 0 fully saturated rings. The van der Waals surface area contributed by atoms with Gasteiger partial charge in [-0.3, -0.25) is 5.01 Å². The monoisotopic (exact) mass is 213 g/mol. The normalized spacial score (nSPS) is 25.1. The van der Waals surface area contributed by atoms with Crippen molar-refractivity contribution in [2.75, 3.05) is 7.05 Å². The molecule has 15 heavy (non-hydrogen) atoms. The molecule has 0 aromatic heterocycles. The molecule has 1 heterocycles. The number of carboxylic acids is 1.